The van der Waals surface area contributed by atoms with Gasteiger partial charge in [-0.15, -0.1) is 0 Å². The van der Waals surface area contributed by atoms with Crippen LogP contribution in [0.5, 0.6) is 0 Å². The molecule has 0 unspecified atom stereocenters. The van der Waals surface area contributed by atoms with Crippen molar-refractivity contribution >= 4 is 27.4 Å². The van der Waals surface area contributed by atoms with Crippen molar-refractivity contribution in [2.24, 2.45) is 0 Å². The maximum absolute atomic E-state index is 12.2. The van der Waals surface area contributed by atoms with Crippen molar-refractivity contribution < 1.29 is 13.2 Å². The lowest BCUT2D eigenvalue weighted by Crippen LogP contribution is -2.19. The summed E-state index contributed by atoms with van der Waals surface area (Å²) in [6.45, 7) is 1.75. The number of hydrogen-bond donors (Lipinski definition) is 1. The van der Waals surface area contributed by atoms with E-state index in [9.17, 15) is 13.2 Å². The minimum atomic E-state index is -3.50. The van der Waals surface area contributed by atoms with Gasteiger partial charge in [0.25, 0.3) is 0 Å². The molecule has 1 aromatic carbocycles. The number of sulfonamides is 1. The number of Topliss-reactive ketones (excluding diaryl/α,β-unsaturated/α-hetero) is 1. The molecule has 1 aromatic heterocycles. The van der Waals surface area contributed by atoms with Gasteiger partial charge in [-0.2, -0.15) is 0 Å². The van der Waals surface area contributed by atoms with E-state index in [0.717, 1.165) is 5.56 Å². The number of carbonyl (C=O) groups is 1. The summed E-state index contributed by atoms with van der Waals surface area (Å²) in [7, 11) is -2.15. The minimum Gasteiger partial charge on any atom is -0.292 e. The molecule has 22 heavy (non-hydrogen) atoms. The quantitative estimate of drug-likeness (QED) is 0.662. The lowest BCUT2D eigenvalue weighted by Gasteiger charge is -2.08. The summed E-state index contributed by atoms with van der Waals surface area (Å²) >= 11 is 5.73. The Morgan fingerprint density at radius 1 is 1.27 bits per heavy atom. The normalized spacial score (nSPS) is 11.4. The SMILES string of the molecule is CNS(=O)(=O)c1ccc(CC(=O)c2cc(Cl)ncn2)c(C)c1. The van der Waals surface area contributed by atoms with E-state index in [1.54, 1.807) is 13.0 Å². The van der Waals surface area contributed by atoms with Crippen molar-refractivity contribution in [2.45, 2.75) is 18.2 Å². The standard InChI is InChI=1S/C14H14ClN3O3S/c1-9-5-11(22(20,21)16-2)4-3-10(9)6-13(19)12-7-14(15)18-8-17-12/h3-5,7-8,16H,6H2,1-2H3. The van der Waals surface area contributed by atoms with E-state index in [-0.39, 0.29) is 27.9 Å². The molecule has 0 aliphatic carbocycles. The summed E-state index contributed by atoms with van der Waals surface area (Å²) in [6.07, 6.45) is 1.34. The topological polar surface area (TPSA) is 89.0 Å². The predicted octanol–water partition coefficient (Wildman–Crippen LogP) is 1.77. The summed E-state index contributed by atoms with van der Waals surface area (Å²) in [5.41, 5.74) is 1.67. The second-order valence-corrected chi connectivity index (χ2v) is 6.90. The molecule has 0 radical (unpaired) electrons. The Morgan fingerprint density at radius 2 is 2.00 bits per heavy atom. The highest BCUT2D eigenvalue weighted by Gasteiger charge is 2.15. The molecule has 0 fully saturated rings. The summed E-state index contributed by atoms with van der Waals surface area (Å²) in [5, 5.41) is 0.200. The molecule has 6 nitrogen and oxygen atoms in total. The van der Waals surface area contributed by atoms with Gasteiger partial charge < -0.3 is 0 Å². The monoisotopic (exact) mass is 339 g/mol. The first-order chi connectivity index (χ1) is 10.3. The van der Waals surface area contributed by atoms with Crippen LogP contribution in [0.2, 0.25) is 5.15 Å². The van der Waals surface area contributed by atoms with Crippen LogP contribution in [0.4, 0.5) is 0 Å². The van der Waals surface area contributed by atoms with Crippen LogP contribution in [0.3, 0.4) is 0 Å². The van der Waals surface area contributed by atoms with Gasteiger partial charge in [0, 0.05) is 12.5 Å². The molecule has 1 N–H and O–H groups in total. The molecular formula is C14H14ClN3O3S. The Labute approximate surface area is 133 Å². The first-order valence-corrected chi connectivity index (χ1v) is 8.23. The maximum atomic E-state index is 12.2. The van der Waals surface area contributed by atoms with Crippen molar-refractivity contribution in [2.75, 3.05) is 7.05 Å². The van der Waals surface area contributed by atoms with E-state index in [0.29, 0.717) is 5.56 Å². The second kappa shape index (κ2) is 6.51. The number of rotatable bonds is 5. The highest BCUT2D eigenvalue weighted by molar-refractivity contribution is 7.89. The molecule has 116 valence electrons. The number of ketones is 1. The van der Waals surface area contributed by atoms with Crippen LogP contribution in [0, 0.1) is 6.92 Å². The van der Waals surface area contributed by atoms with Crippen molar-refractivity contribution in [1.82, 2.24) is 14.7 Å². The van der Waals surface area contributed by atoms with Crippen LogP contribution in [-0.2, 0) is 16.4 Å². The van der Waals surface area contributed by atoms with E-state index in [1.165, 1.54) is 31.6 Å². The van der Waals surface area contributed by atoms with E-state index >= 15 is 0 Å². The number of carbonyl (C=O) groups excluding carboxylic acids is 1. The fourth-order valence-corrected chi connectivity index (χ4v) is 2.86. The Kier molecular flexibility index (Phi) is 4.90. The van der Waals surface area contributed by atoms with Crippen molar-refractivity contribution in [1.29, 1.82) is 0 Å². The smallest absolute Gasteiger partial charge is 0.240 e. The third-order valence-electron chi connectivity index (χ3n) is 3.16. The van der Waals surface area contributed by atoms with Gasteiger partial charge in [0.15, 0.2) is 5.78 Å². The van der Waals surface area contributed by atoms with Gasteiger partial charge in [0.1, 0.15) is 17.2 Å². The highest BCUT2D eigenvalue weighted by Crippen LogP contribution is 2.17. The molecule has 0 bridgehead atoms. The first kappa shape index (κ1) is 16.5. The average molecular weight is 340 g/mol. The summed E-state index contributed by atoms with van der Waals surface area (Å²) in [6, 6.07) is 6.02. The highest BCUT2D eigenvalue weighted by atomic mass is 35.5. The van der Waals surface area contributed by atoms with E-state index in [1.807, 2.05) is 0 Å². The fraction of sp³-hybridized carbons (Fsp3) is 0.214. The summed E-state index contributed by atoms with van der Waals surface area (Å²) < 4.78 is 25.7. The largest absolute Gasteiger partial charge is 0.292 e. The lowest BCUT2D eigenvalue weighted by molar-refractivity contribution is 0.0988. The molecule has 0 saturated heterocycles. The minimum absolute atomic E-state index is 0.110. The predicted molar refractivity (Wildman–Crippen MR) is 82.5 cm³/mol. The Morgan fingerprint density at radius 3 is 2.59 bits per heavy atom. The van der Waals surface area contributed by atoms with Gasteiger partial charge >= 0.3 is 0 Å². The van der Waals surface area contributed by atoms with Crippen LogP contribution >= 0.6 is 11.6 Å². The zero-order valence-corrected chi connectivity index (χ0v) is 13.6. The number of aromatic nitrogens is 2. The van der Waals surface area contributed by atoms with Crippen molar-refractivity contribution in [3.8, 4) is 0 Å². The molecule has 0 atom stereocenters. The molecule has 0 amide bonds. The summed E-state index contributed by atoms with van der Waals surface area (Å²) in [4.78, 5) is 19.9. The van der Waals surface area contributed by atoms with Crippen LogP contribution in [-0.4, -0.2) is 31.2 Å². The average Bonchev–Trinajstić information content (AvgIpc) is 2.49. The van der Waals surface area contributed by atoms with Crippen molar-refractivity contribution in [3.05, 3.63) is 52.6 Å². The van der Waals surface area contributed by atoms with Crippen LogP contribution in [0.1, 0.15) is 21.6 Å². The van der Waals surface area contributed by atoms with E-state index in [4.69, 9.17) is 11.6 Å². The van der Waals surface area contributed by atoms with Gasteiger partial charge in [0.2, 0.25) is 10.0 Å². The molecule has 0 aliphatic rings. The van der Waals surface area contributed by atoms with E-state index < -0.39 is 10.0 Å². The fourth-order valence-electron chi connectivity index (χ4n) is 1.90. The van der Waals surface area contributed by atoms with Gasteiger partial charge in [-0.1, -0.05) is 17.7 Å². The zero-order chi connectivity index (χ0) is 16.3. The Balaban J connectivity index is 2.26. The number of aryl methyl sites for hydroxylation is 1. The third kappa shape index (κ3) is 3.68. The van der Waals surface area contributed by atoms with E-state index in [2.05, 4.69) is 14.7 Å². The van der Waals surface area contributed by atoms with Crippen LogP contribution in [0.15, 0.2) is 35.5 Å². The number of hydrogen-bond acceptors (Lipinski definition) is 5. The molecule has 0 spiro atoms. The third-order valence-corrected chi connectivity index (χ3v) is 4.78. The van der Waals surface area contributed by atoms with Gasteiger partial charge in [0.05, 0.1) is 4.90 Å². The molecule has 2 rings (SSSR count). The first-order valence-electron chi connectivity index (χ1n) is 6.37. The molecule has 1 heterocycles. The summed E-state index contributed by atoms with van der Waals surface area (Å²) in [5.74, 6) is -0.211. The molecule has 2 aromatic rings. The second-order valence-electron chi connectivity index (χ2n) is 4.62. The Hall–Kier alpha value is -1.83. The number of benzene rings is 1. The zero-order valence-electron chi connectivity index (χ0n) is 12.0. The number of nitrogens with zero attached hydrogens (tertiary/aromatic N) is 2. The molecule has 0 aliphatic heterocycles. The number of nitrogens with one attached hydrogen (secondary N) is 1. The van der Waals surface area contributed by atoms with Crippen LogP contribution < -0.4 is 4.72 Å². The van der Waals surface area contributed by atoms with Crippen LogP contribution in [0.25, 0.3) is 0 Å². The van der Waals surface area contributed by atoms with Gasteiger partial charge in [-0.3, -0.25) is 4.79 Å². The van der Waals surface area contributed by atoms with Crippen molar-refractivity contribution in [3.63, 3.8) is 0 Å². The maximum Gasteiger partial charge on any atom is 0.240 e. The van der Waals surface area contributed by atoms with Gasteiger partial charge in [-0.25, -0.2) is 23.1 Å². The number of halogens is 1. The molecule has 0 saturated carbocycles. The molecule has 8 heteroatoms. The lowest BCUT2D eigenvalue weighted by atomic mass is 10.0. The molecular weight excluding hydrogens is 326 g/mol. The Bertz CT molecular complexity index is 822. The van der Waals surface area contributed by atoms with Gasteiger partial charge in [-0.05, 0) is 37.2 Å².